The van der Waals surface area contributed by atoms with Crippen LogP contribution >= 0.6 is 11.6 Å². The molecule has 2 aromatic carbocycles. The molecule has 1 amide bonds. The highest BCUT2D eigenvalue weighted by Gasteiger charge is 2.26. The summed E-state index contributed by atoms with van der Waals surface area (Å²) in [4.78, 5) is 12.7. The van der Waals surface area contributed by atoms with Crippen LogP contribution in [0.5, 0.6) is 11.5 Å². The molecule has 1 aliphatic heterocycles. The van der Waals surface area contributed by atoms with E-state index in [0.29, 0.717) is 18.7 Å². The molecular weight excluding hydrogens is 402 g/mol. The van der Waals surface area contributed by atoms with E-state index in [4.69, 9.17) is 21.1 Å². The highest BCUT2D eigenvalue weighted by atomic mass is 35.5. The van der Waals surface area contributed by atoms with Gasteiger partial charge in [0.15, 0.2) is 11.5 Å². The topological polar surface area (TPSA) is 65.4 Å². The van der Waals surface area contributed by atoms with Crippen LogP contribution in [0.3, 0.4) is 0 Å². The number of aromatic nitrogens is 2. The second-order valence-corrected chi connectivity index (χ2v) is 8.15. The second kappa shape index (κ2) is 8.03. The van der Waals surface area contributed by atoms with Crippen molar-refractivity contribution in [3.05, 3.63) is 76.1 Å². The van der Waals surface area contributed by atoms with Crippen molar-refractivity contribution < 1.29 is 14.3 Å². The maximum atomic E-state index is 12.7. The molecule has 0 fully saturated rings. The Balaban J connectivity index is 1.28. The summed E-state index contributed by atoms with van der Waals surface area (Å²) >= 11 is 6.11. The zero-order chi connectivity index (χ0) is 20.5. The Labute approximate surface area is 179 Å². The standard InChI is InChI=1S/C23H22ClN3O3/c24-17-4-1-3-16(9-17)13-27-20-6-2-5-19(18(20)12-25-27)26-23(28)11-15-7-8-21-22(10-15)30-14-29-21/h1,3-4,7-10,12,19H,2,5-6,11,13-14H2,(H,26,28)/t19-/m0/s1. The summed E-state index contributed by atoms with van der Waals surface area (Å²) in [6.07, 6.45) is 5.10. The van der Waals surface area contributed by atoms with Gasteiger partial charge in [0.05, 0.1) is 25.2 Å². The molecule has 0 radical (unpaired) electrons. The number of nitrogens with one attached hydrogen (secondary N) is 1. The molecule has 0 saturated carbocycles. The van der Waals surface area contributed by atoms with Crippen LogP contribution in [0.2, 0.25) is 5.02 Å². The average molecular weight is 424 g/mol. The van der Waals surface area contributed by atoms with Gasteiger partial charge in [-0.25, -0.2) is 0 Å². The maximum absolute atomic E-state index is 12.7. The predicted octanol–water partition coefficient (Wildman–Crippen LogP) is 4.05. The zero-order valence-corrected chi connectivity index (χ0v) is 17.2. The first-order valence-electron chi connectivity index (χ1n) is 10.1. The minimum Gasteiger partial charge on any atom is -0.454 e. The summed E-state index contributed by atoms with van der Waals surface area (Å²) in [6, 6.07) is 13.4. The maximum Gasteiger partial charge on any atom is 0.231 e. The fraction of sp³-hybridized carbons (Fsp3) is 0.304. The van der Waals surface area contributed by atoms with Crippen LogP contribution in [0.1, 0.15) is 41.3 Å². The number of hydrogen-bond donors (Lipinski definition) is 1. The number of hydrogen-bond acceptors (Lipinski definition) is 4. The molecule has 0 saturated heterocycles. The van der Waals surface area contributed by atoms with Gasteiger partial charge in [0, 0.05) is 16.3 Å². The van der Waals surface area contributed by atoms with E-state index in [-0.39, 0.29) is 18.7 Å². The van der Waals surface area contributed by atoms with Crippen molar-refractivity contribution >= 4 is 17.5 Å². The molecule has 7 heteroatoms. The van der Waals surface area contributed by atoms with Gasteiger partial charge in [0.25, 0.3) is 0 Å². The first kappa shape index (κ1) is 19.0. The van der Waals surface area contributed by atoms with Crippen LogP contribution in [-0.4, -0.2) is 22.5 Å². The third kappa shape index (κ3) is 3.87. The van der Waals surface area contributed by atoms with E-state index in [2.05, 4.69) is 10.4 Å². The summed E-state index contributed by atoms with van der Waals surface area (Å²) in [5.41, 5.74) is 4.32. The van der Waals surface area contributed by atoms with Gasteiger partial charge < -0.3 is 14.8 Å². The molecule has 0 spiro atoms. The first-order chi connectivity index (χ1) is 14.7. The van der Waals surface area contributed by atoms with E-state index in [1.807, 2.05) is 53.3 Å². The first-order valence-corrected chi connectivity index (χ1v) is 10.5. The number of rotatable bonds is 5. The fourth-order valence-corrected chi connectivity index (χ4v) is 4.41. The van der Waals surface area contributed by atoms with Gasteiger partial charge in [-0.3, -0.25) is 9.48 Å². The van der Waals surface area contributed by atoms with E-state index in [0.717, 1.165) is 46.7 Å². The van der Waals surface area contributed by atoms with Gasteiger partial charge in [-0.2, -0.15) is 5.10 Å². The molecule has 0 unspecified atom stereocenters. The molecule has 1 atom stereocenters. The number of carbonyl (C=O) groups is 1. The van der Waals surface area contributed by atoms with E-state index in [1.54, 1.807) is 0 Å². The normalized spacial score (nSPS) is 16.9. The molecule has 1 aromatic heterocycles. The second-order valence-electron chi connectivity index (χ2n) is 7.71. The number of ether oxygens (including phenoxy) is 2. The average Bonchev–Trinajstić information content (AvgIpc) is 3.35. The van der Waals surface area contributed by atoms with E-state index in [9.17, 15) is 4.79 Å². The van der Waals surface area contributed by atoms with E-state index < -0.39 is 0 Å². The Hall–Kier alpha value is -2.99. The summed E-state index contributed by atoms with van der Waals surface area (Å²) < 4.78 is 12.8. The lowest BCUT2D eigenvalue weighted by Gasteiger charge is -2.24. The van der Waals surface area contributed by atoms with Gasteiger partial charge in [0.1, 0.15) is 0 Å². The molecule has 2 heterocycles. The number of benzene rings is 2. The van der Waals surface area contributed by atoms with Gasteiger partial charge in [-0.1, -0.05) is 29.8 Å². The van der Waals surface area contributed by atoms with Gasteiger partial charge in [0.2, 0.25) is 12.7 Å². The highest BCUT2D eigenvalue weighted by molar-refractivity contribution is 6.30. The summed E-state index contributed by atoms with van der Waals surface area (Å²) in [5, 5.41) is 8.51. The highest BCUT2D eigenvalue weighted by Crippen LogP contribution is 2.33. The Morgan fingerprint density at radius 1 is 1.17 bits per heavy atom. The van der Waals surface area contributed by atoms with Crippen molar-refractivity contribution in [2.45, 2.75) is 38.3 Å². The monoisotopic (exact) mass is 423 g/mol. The minimum atomic E-state index is -0.0108. The molecule has 5 rings (SSSR count). The predicted molar refractivity (Wildman–Crippen MR) is 113 cm³/mol. The zero-order valence-electron chi connectivity index (χ0n) is 16.4. The Morgan fingerprint density at radius 3 is 2.97 bits per heavy atom. The number of halogens is 1. The Morgan fingerprint density at radius 2 is 2.07 bits per heavy atom. The molecule has 0 bridgehead atoms. The number of fused-ring (bicyclic) bond motifs is 2. The van der Waals surface area contributed by atoms with Gasteiger partial charge in [-0.05, 0) is 54.7 Å². The van der Waals surface area contributed by atoms with Gasteiger partial charge >= 0.3 is 0 Å². The Bertz CT molecular complexity index is 1100. The van der Waals surface area contributed by atoms with E-state index >= 15 is 0 Å². The molecule has 1 N–H and O–H groups in total. The SMILES string of the molecule is O=C(Cc1ccc2c(c1)OCO2)N[C@H]1CCCc2c1cnn2Cc1cccc(Cl)c1. The van der Waals surface area contributed by atoms with Crippen LogP contribution in [0.25, 0.3) is 0 Å². The summed E-state index contributed by atoms with van der Waals surface area (Å²) in [7, 11) is 0. The lowest BCUT2D eigenvalue weighted by atomic mass is 9.92. The van der Waals surface area contributed by atoms with Crippen molar-refractivity contribution in [2.24, 2.45) is 0 Å². The van der Waals surface area contributed by atoms with Crippen molar-refractivity contribution in [1.82, 2.24) is 15.1 Å². The molecule has 2 aliphatic rings. The molecule has 3 aromatic rings. The third-order valence-electron chi connectivity index (χ3n) is 5.62. The molecule has 1 aliphatic carbocycles. The van der Waals surface area contributed by atoms with Crippen molar-refractivity contribution in [1.29, 1.82) is 0 Å². The largest absolute Gasteiger partial charge is 0.454 e. The van der Waals surface area contributed by atoms with Crippen LogP contribution in [-0.2, 0) is 24.2 Å². The lowest BCUT2D eigenvalue weighted by molar-refractivity contribution is -0.121. The smallest absolute Gasteiger partial charge is 0.231 e. The number of nitrogens with zero attached hydrogens (tertiary/aromatic N) is 2. The van der Waals surface area contributed by atoms with Crippen LogP contribution in [0.15, 0.2) is 48.7 Å². The number of amides is 1. The number of carbonyl (C=O) groups excluding carboxylic acids is 1. The quantitative estimate of drug-likeness (QED) is 0.672. The van der Waals surface area contributed by atoms with Crippen LogP contribution in [0.4, 0.5) is 0 Å². The Kier molecular flexibility index (Phi) is 5.09. The van der Waals surface area contributed by atoms with Crippen LogP contribution in [0, 0.1) is 0 Å². The van der Waals surface area contributed by atoms with Crippen molar-refractivity contribution in [3.8, 4) is 11.5 Å². The van der Waals surface area contributed by atoms with Crippen molar-refractivity contribution in [3.63, 3.8) is 0 Å². The van der Waals surface area contributed by atoms with Crippen LogP contribution < -0.4 is 14.8 Å². The molecule has 30 heavy (non-hydrogen) atoms. The van der Waals surface area contributed by atoms with Crippen molar-refractivity contribution in [2.75, 3.05) is 6.79 Å². The summed E-state index contributed by atoms with van der Waals surface area (Å²) in [5.74, 6) is 1.42. The minimum absolute atomic E-state index is 0.00527. The molecule has 6 nitrogen and oxygen atoms in total. The summed E-state index contributed by atoms with van der Waals surface area (Å²) in [6.45, 7) is 0.906. The molecular formula is C23H22ClN3O3. The third-order valence-corrected chi connectivity index (χ3v) is 5.86. The molecule has 154 valence electrons. The lowest BCUT2D eigenvalue weighted by Crippen LogP contribution is -2.32. The van der Waals surface area contributed by atoms with Gasteiger partial charge in [-0.15, -0.1) is 0 Å². The van der Waals surface area contributed by atoms with E-state index in [1.165, 1.54) is 5.69 Å². The fourth-order valence-electron chi connectivity index (χ4n) is 4.19.